The first-order chi connectivity index (χ1) is 6.75. The summed E-state index contributed by atoms with van der Waals surface area (Å²) in [5.74, 6) is 0. The van der Waals surface area contributed by atoms with Gasteiger partial charge in [0.25, 0.3) is 12.0 Å². The Balaban J connectivity index is 3.77. The zero-order valence-electron chi connectivity index (χ0n) is 7.62. The number of nitrogens with one attached hydrogen (secondary N) is 1. The van der Waals surface area contributed by atoms with Crippen molar-refractivity contribution >= 4 is 10.0 Å². The van der Waals surface area contributed by atoms with Crippen molar-refractivity contribution in [1.82, 2.24) is 4.98 Å². The molecule has 1 heterocycles. The number of pyridine rings is 1. The van der Waals surface area contributed by atoms with Crippen LogP contribution in [-0.4, -0.2) is 13.4 Å². The van der Waals surface area contributed by atoms with Crippen molar-refractivity contribution in [3.05, 3.63) is 27.7 Å². The van der Waals surface area contributed by atoms with Crippen molar-refractivity contribution in [2.24, 2.45) is 5.14 Å². The van der Waals surface area contributed by atoms with Gasteiger partial charge in [-0.2, -0.15) is 0 Å². The van der Waals surface area contributed by atoms with Gasteiger partial charge < -0.3 is 4.98 Å². The number of aromatic amines is 1. The van der Waals surface area contributed by atoms with E-state index >= 15 is 0 Å². The largest absolute Gasteiger partial charge is 0.328 e. The summed E-state index contributed by atoms with van der Waals surface area (Å²) in [7, 11) is -4.33. The lowest BCUT2D eigenvalue weighted by Crippen LogP contribution is -2.23. The monoisotopic (exact) mass is 238 g/mol. The average molecular weight is 238 g/mol. The lowest BCUT2D eigenvalue weighted by Gasteiger charge is -2.08. The van der Waals surface area contributed by atoms with Gasteiger partial charge in [-0.25, -0.2) is 22.3 Å². The van der Waals surface area contributed by atoms with Crippen LogP contribution in [0, 0.1) is 6.92 Å². The average Bonchev–Trinajstić information content (AvgIpc) is 2.05. The highest BCUT2D eigenvalue weighted by atomic mass is 32.2. The fourth-order valence-electron chi connectivity index (χ4n) is 1.21. The van der Waals surface area contributed by atoms with Crippen molar-refractivity contribution in [2.75, 3.05) is 0 Å². The lowest BCUT2D eigenvalue weighted by molar-refractivity contribution is 0.146. The van der Waals surface area contributed by atoms with Gasteiger partial charge in [0.2, 0.25) is 10.0 Å². The molecule has 5 nitrogen and oxygen atoms in total. The zero-order valence-corrected chi connectivity index (χ0v) is 8.44. The molecule has 0 aliphatic heterocycles. The van der Waals surface area contributed by atoms with Gasteiger partial charge in [-0.3, -0.25) is 4.79 Å². The van der Waals surface area contributed by atoms with E-state index in [0.717, 1.165) is 6.20 Å². The number of primary sulfonamides is 1. The number of rotatable bonds is 2. The number of hydrogen-bond donors (Lipinski definition) is 2. The minimum atomic E-state index is -4.33. The van der Waals surface area contributed by atoms with Crippen LogP contribution in [0.4, 0.5) is 8.78 Å². The minimum Gasteiger partial charge on any atom is -0.328 e. The molecule has 84 valence electrons. The molecule has 1 aromatic rings. The molecule has 0 radical (unpaired) electrons. The summed E-state index contributed by atoms with van der Waals surface area (Å²) in [5.41, 5.74) is -2.29. The molecule has 0 aliphatic rings. The second kappa shape index (κ2) is 3.70. The molecule has 0 saturated heterocycles. The van der Waals surface area contributed by atoms with E-state index in [0.29, 0.717) is 0 Å². The second-order valence-electron chi connectivity index (χ2n) is 2.89. The predicted molar refractivity (Wildman–Crippen MR) is 48.1 cm³/mol. The van der Waals surface area contributed by atoms with Crippen LogP contribution < -0.4 is 10.7 Å². The van der Waals surface area contributed by atoms with Crippen LogP contribution in [0.2, 0.25) is 0 Å². The summed E-state index contributed by atoms with van der Waals surface area (Å²) in [4.78, 5) is 12.2. The molecule has 0 bridgehead atoms. The lowest BCUT2D eigenvalue weighted by atomic mass is 10.2. The third kappa shape index (κ3) is 2.21. The summed E-state index contributed by atoms with van der Waals surface area (Å²) in [6, 6.07) is 0. The molecule has 0 amide bonds. The van der Waals surface area contributed by atoms with Gasteiger partial charge in [0.15, 0.2) is 0 Å². The summed E-state index contributed by atoms with van der Waals surface area (Å²) in [5, 5.41) is 4.75. The first kappa shape index (κ1) is 11.8. The van der Waals surface area contributed by atoms with Crippen LogP contribution in [0.1, 0.15) is 17.6 Å². The Morgan fingerprint density at radius 1 is 1.47 bits per heavy atom. The Kier molecular flexibility index (Phi) is 2.91. The van der Waals surface area contributed by atoms with Gasteiger partial charge in [-0.1, -0.05) is 0 Å². The van der Waals surface area contributed by atoms with E-state index in [-0.39, 0.29) is 5.56 Å². The number of aryl methyl sites for hydroxylation is 1. The number of halogens is 2. The second-order valence-corrected chi connectivity index (χ2v) is 4.39. The molecule has 0 spiro atoms. The van der Waals surface area contributed by atoms with Crippen LogP contribution in [0.25, 0.3) is 0 Å². The molecule has 0 saturated carbocycles. The normalized spacial score (nSPS) is 12.1. The van der Waals surface area contributed by atoms with Gasteiger partial charge in [0.1, 0.15) is 10.5 Å². The van der Waals surface area contributed by atoms with Gasteiger partial charge in [-0.05, 0) is 12.5 Å². The van der Waals surface area contributed by atoms with E-state index in [4.69, 9.17) is 5.14 Å². The molecule has 0 aliphatic carbocycles. The first-order valence-electron chi connectivity index (χ1n) is 3.78. The van der Waals surface area contributed by atoms with Crippen LogP contribution in [0.3, 0.4) is 0 Å². The van der Waals surface area contributed by atoms with Crippen LogP contribution >= 0.6 is 0 Å². The van der Waals surface area contributed by atoms with Crippen LogP contribution in [0.15, 0.2) is 15.9 Å². The Labute approximate surface area is 84.0 Å². The highest BCUT2D eigenvalue weighted by Gasteiger charge is 2.26. The Bertz CT molecular complexity index is 536. The maximum absolute atomic E-state index is 12.5. The molecule has 1 aromatic heterocycles. The van der Waals surface area contributed by atoms with E-state index in [9.17, 15) is 22.0 Å². The molecule has 8 heteroatoms. The van der Waals surface area contributed by atoms with Crippen molar-refractivity contribution in [3.8, 4) is 0 Å². The van der Waals surface area contributed by atoms with Gasteiger partial charge in [0, 0.05) is 6.20 Å². The topological polar surface area (TPSA) is 93.0 Å². The Morgan fingerprint density at radius 2 is 2.00 bits per heavy atom. The SMILES string of the molecule is Cc1c[nH]c(=O)c(C(F)F)c1S(N)(=O)=O. The Morgan fingerprint density at radius 3 is 2.33 bits per heavy atom. The molecule has 3 N–H and O–H groups in total. The van der Waals surface area contributed by atoms with Crippen LogP contribution in [0.5, 0.6) is 0 Å². The summed E-state index contributed by atoms with van der Waals surface area (Å²) in [6.07, 6.45) is -2.17. The minimum absolute atomic E-state index is 0.0209. The quantitative estimate of drug-likeness (QED) is 0.774. The van der Waals surface area contributed by atoms with Crippen molar-refractivity contribution in [2.45, 2.75) is 18.2 Å². The van der Waals surface area contributed by atoms with E-state index < -0.39 is 32.5 Å². The first-order valence-corrected chi connectivity index (χ1v) is 5.33. The molecule has 1 rings (SSSR count). The Hall–Kier alpha value is -1.28. The smallest absolute Gasteiger partial charge is 0.270 e. The number of hydrogen-bond acceptors (Lipinski definition) is 3. The summed E-state index contributed by atoms with van der Waals surface area (Å²) in [6.45, 7) is 1.27. The fourth-order valence-corrected chi connectivity index (χ4v) is 2.20. The summed E-state index contributed by atoms with van der Waals surface area (Å²) >= 11 is 0. The number of H-pyrrole nitrogens is 1. The molecule has 15 heavy (non-hydrogen) atoms. The molecule has 0 unspecified atom stereocenters. The van der Waals surface area contributed by atoms with E-state index in [1.807, 2.05) is 4.98 Å². The van der Waals surface area contributed by atoms with Gasteiger partial charge in [-0.15, -0.1) is 0 Å². The van der Waals surface area contributed by atoms with Gasteiger partial charge >= 0.3 is 0 Å². The molecular weight excluding hydrogens is 230 g/mol. The molecule has 0 fully saturated rings. The maximum Gasteiger partial charge on any atom is 0.270 e. The predicted octanol–water partition coefficient (Wildman–Crippen LogP) is 0.268. The van der Waals surface area contributed by atoms with Crippen molar-refractivity contribution < 1.29 is 17.2 Å². The van der Waals surface area contributed by atoms with Gasteiger partial charge in [0.05, 0.1) is 0 Å². The fraction of sp³-hybridized carbons (Fsp3) is 0.286. The third-order valence-corrected chi connectivity index (χ3v) is 2.88. The number of sulfonamides is 1. The highest BCUT2D eigenvalue weighted by molar-refractivity contribution is 7.89. The number of alkyl halides is 2. The van der Waals surface area contributed by atoms with Crippen LogP contribution in [-0.2, 0) is 10.0 Å². The van der Waals surface area contributed by atoms with E-state index in [2.05, 4.69) is 0 Å². The van der Waals surface area contributed by atoms with E-state index in [1.54, 1.807) is 0 Å². The van der Waals surface area contributed by atoms with Crippen molar-refractivity contribution in [1.29, 1.82) is 0 Å². The zero-order chi connectivity index (χ0) is 11.8. The summed E-state index contributed by atoms with van der Waals surface area (Å²) < 4.78 is 47.0. The standard InChI is InChI=1S/C7H8F2N2O3S/c1-3-2-11-7(12)4(6(8)9)5(3)15(10,13)14/h2,6H,1H3,(H,11,12)(H2,10,13,14). The molecule has 0 atom stereocenters. The van der Waals surface area contributed by atoms with Crippen molar-refractivity contribution in [3.63, 3.8) is 0 Å². The maximum atomic E-state index is 12.5. The highest BCUT2D eigenvalue weighted by Crippen LogP contribution is 2.24. The molecular formula is C7H8F2N2O3S. The molecule has 0 aromatic carbocycles. The number of nitrogens with two attached hydrogens (primary N) is 1. The third-order valence-electron chi connectivity index (χ3n) is 1.77. The van der Waals surface area contributed by atoms with E-state index in [1.165, 1.54) is 6.92 Å². The number of aromatic nitrogens is 1.